The van der Waals surface area contributed by atoms with Crippen LogP contribution in [-0.4, -0.2) is 45.8 Å². The zero-order valence-corrected chi connectivity index (χ0v) is 17.7. The van der Waals surface area contributed by atoms with Gasteiger partial charge in [0.05, 0.1) is 16.8 Å². The van der Waals surface area contributed by atoms with Gasteiger partial charge >= 0.3 is 0 Å². The molecule has 1 aromatic heterocycles. The first-order valence-electron chi connectivity index (χ1n) is 8.76. The van der Waals surface area contributed by atoms with E-state index in [2.05, 4.69) is 22.1 Å². The Morgan fingerprint density at radius 3 is 2.93 bits per heavy atom. The molecule has 2 heterocycles. The fraction of sp³-hybridized carbons (Fsp3) is 0.389. The highest BCUT2D eigenvalue weighted by Crippen LogP contribution is 2.31. The van der Waals surface area contributed by atoms with Crippen molar-refractivity contribution in [1.29, 1.82) is 0 Å². The van der Waals surface area contributed by atoms with E-state index in [1.54, 1.807) is 37.3 Å². The number of carbonyl (C=O) groups excluding carboxylic acids is 1. The molecule has 1 aliphatic rings. The highest BCUT2D eigenvalue weighted by Gasteiger charge is 2.33. The molecule has 1 fully saturated rings. The van der Waals surface area contributed by atoms with Crippen LogP contribution in [0.5, 0.6) is 0 Å². The molecule has 1 saturated heterocycles. The molecular weight excluding hydrogens is 420 g/mol. The van der Waals surface area contributed by atoms with E-state index < -0.39 is 15.1 Å². The summed E-state index contributed by atoms with van der Waals surface area (Å²) in [5, 5.41) is 11.9. The summed E-state index contributed by atoms with van der Waals surface area (Å²) >= 11 is 7.22. The lowest BCUT2D eigenvalue weighted by Gasteiger charge is -2.14. The minimum Gasteiger partial charge on any atom is -0.325 e. The Morgan fingerprint density at radius 1 is 1.50 bits per heavy atom. The molecule has 0 aliphatic carbocycles. The monoisotopic (exact) mass is 440 g/mol. The maximum absolute atomic E-state index is 12.5. The van der Waals surface area contributed by atoms with Gasteiger partial charge in [0, 0.05) is 23.2 Å². The van der Waals surface area contributed by atoms with Crippen LogP contribution in [0.3, 0.4) is 0 Å². The van der Waals surface area contributed by atoms with Crippen molar-refractivity contribution in [2.75, 3.05) is 16.8 Å². The van der Waals surface area contributed by atoms with E-state index in [0.29, 0.717) is 34.7 Å². The summed E-state index contributed by atoms with van der Waals surface area (Å²) in [6.45, 7) is 5.98. The molecule has 10 heteroatoms. The number of thioether (sulfide) groups is 1. The minimum absolute atomic E-state index is 0.0811. The highest BCUT2D eigenvalue weighted by molar-refractivity contribution is 8.00. The number of amides is 1. The van der Waals surface area contributed by atoms with E-state index in [-0.39, 0.29) is 23.3 Å². The summed E-state index contributed by atoms with van der Waals surface area (Å²) in [7, 11) is -3.03. The molecule has 0 unspecified atom stereocenters. The Bertz CT molecular complexity index is 990. The van der Waals surface area contributed by atoms with Crippen LogP contribution in [0.25, 0.3) is 0 Å². The van der Waals surface area contributed by atoms with Gasteiger partial charge in [0.1, 0.15) is 5.82 Å². The lowest BCUT2D eigenvalue weighted by molar-refractivity contribution is -0.115. The molecule has 150 valence electrons. The van der Waals surface area contributed by atoms with E-state index in [1.807, 2.05) is 4.57 Å². The molecule has 1 amide bonds. The van der Waals surface area contributed by atoms with Gasteiger partial charge in [-0.2, -0.15) is 0 Å². The van der Waals surface area contributed by atoms with Crippen molar-refractivity contribution in [2.24, 2.45) is 0 Å². The molecule has 0 bridgehead atoms. The Morgan fingerprint density at radius 2 is 2.29 bits per heavy atom. The molecule has 1 aliphatic heterocycles. The number of hydrogen-bond acceptors (Lipinski definition) is 6. The molecule has 0 saturated carbocycles. The summed E-state index contributed by atoms with van der Waals surface area (Å²) in [4.78, 5) is 12.5. The first-order chi connectivity index (χ1) is 13.3. The average Bonchev–Trinajstić information content (AvgIpc) is 3.18. The summed E-state index contributed by atoms with van der Waals surface area (Å²) < 4.78 is 25.5. The number of hydrogen-bond donors (Lipinski definition) is 1. The van der Waals surface area contributed by atoms with Crippen molar-refractivity contribution < 1.29 is 13.2 Å². The summed E-state index contributed by atoms with van der Waals surface area (Å²) in [6, 6.07) is 6.94. The molecule has 28 heavy (non-hydrogen) atoms. The van der Waals surface area contributed by atoms with Crippen LogP contribution < -0.4 is 5.32 Å². The second-order valence-corrected chi connectivity index (χ2v) is 10.6. The van der Waals surface area contributed by atoms with Gasteiger partial charge in [0.15, 0.2) is 15.0 Å². The van der Waals surface area contributed by atoms with Crippen LogP contribution in [0.2, 0.25) is 5.02 Å². The van der Waals surface area contributed by atoms with Crippen molar-refractivity contribution in [1.82, 2.24) is 14.8 Å². The topological polar surface area (TPSA) is 93.9 Å². The molecule has 3 rings (SSSR count). The Balaban J connectivity index is 1.74. The summed E-state index contributed by atoms with van der Waals surface area (Å²) in [5.74, 6) is 0.510. The molecule has 7 nitrogen and oxygen atoms in total. The van der Waals surface area contributed by atoms with Gasteiger partial charge in [-0.25, -0.2) is 8.42 Å². The quantitative estimate of drug-likeness (QED) is 0.525. The van der Waals surface area contributed by atoms with Gasteiger partial charge in [0.2, 0.25) is 5.91 Å². The highest BCUT2D eigenvalue weighted by atomic mass is 35.5. The third-order valence-corrected chi connectivity index (χ3v) is 7.48. The Kier molecular flexibility index (Phi) is 6.47. The normalized spacial score (nSPS) is 19.3. The van der Waals surface area contributed by atoms with Crippen LogP contribution >= 0.6 is 23.4 Å². The van der Waals surface area contributed by atoms with Gasteiger partial charge in [-0.1, -0.05) is 35.5 Å². The molecule has 2 atom stereocenters. The number of benzene rings is 1. The van der Waals surface area contributed by atoms with Crippen LogP contribution in [0.15, 0.2) is 42.1 Å². The first kappa shape index (κ1) is 20.9. The van der Waals surface area contributed by atoms with E-state index in [0.717, 1.165) is 0 Å². The lowest BCUT2D eigenvalue weighted by Crippen LogP contribution is -2.23. The van der Waals surface area contributed by atoms with E-state index in [1.165, 1.54) is 11.8 Å². The summed E-state index contributed by atoms with van der Waals surface area (Å²) in [5.41, 5.74) is 0.620. The van der Waals surface area contributed by atoms with Crippen LogP contribution in [0.1, 0.15) is 25.1 Å². The molecule has 1 aromatic carbocycles. The third kappa shape index (κ3) is 4.95. The molecule has 2 aromatic rings. The molecular formula is C18H21ClN4O3S2. The third-order valence-electron chi connectivity index (χ3n) is 4.40. The Hall–Kier alpha value is -1.84. The van der Waals surface area contributed by atoms with Gasteiger partial charge in [-0.15, -0.1) is 16.8 Å². The number of allylic oxidation sites excluding steroid dienone is 1. The fourth-order valence-corrected chi connectivity index (χ4v) is 5.81. The van der Waals surface area contributed by atoms with Gasteiger partial charge in [-0.3, -0.25) is 4.79 Å². The minimum atomic E-state index is -3.03. The number of rotatable bonds is 7. The maximum Gasteiger partial charge on any atom is 0.237 e. The van der Waals surface area contributed by atoms with Gasteiger partial charge in [-0.05, 0) is 31.5 Å². The maximum atomic E-state index is 12.5. The van der Waals surface area contributed by atoms with E-state index in [4.69, 9.17) is 11.6 Å². The molecule has 1 N–H and O–H groups in total. The standard InChI is InChI=1S/C18H21ClN4O3S2/c1-3-8-23-16(13-7-9-28(25,26)11-13)21-22-18(23)27-12(2)17(24)20-15-6-4-5-14(19)10-15/h3-6,10,12-13H,1,7-9,11H2,2H3,(H,20,24)/t12-,13-/m0/s1. The van der Waals surface area contributed by atoms with Crippen molar-refractivity contribution in [3.8, 4) is 0 Å². The smallest absolute Gasteiger partial charge is 0.237 e. The average molecular weight is 441 g/mol. The lowest BCUT2D eigenvalue weighted by atomic mass is 10.1. The van der Waals surface area contributed by atoms with Crippen molar-refractivity contribution in [3.05, 3.63) is 47.8 Å². The van der Waals surface area contributed by atoms with E-state index >= 15 is 0 Å². The number of sulfone groups is 1. The number of halogens is 1. The fourth-order valence-electron chi connectivity index (χ4n) is 3.01. The predicted octanol–water partition coefficient (Wildman–Crippen LogP) is 3.14. The van der Waals surface area contributed by atoms with Gasteiger partial charge < -0.3 is 9.88 Å². The van der Waals surface area contributed by atoms with Crippen molar-refractivity contribution in [2.45, 2.75) is 36.2 Å². The van der Waals surface area contributed by atoms with Crippen LogP contribution in [0.4, 0.5) is 5.69 Å². The number of nitrogens with one attached hydrogen (secondary N) is 1. The number of anilines is 1. The van der Waals surface area contributed by atoms with Crippen molar-refractivity contribution in [3.63, 3.8) is 0 Å². The van der Waals surface area contributed by atoms with Gasteiger partial charge in [0.25, 0.3) is 0 Å². The predicted molar refractivity (Wildman–Crippen MR) is 112 cm³/mol. The van der Waals surface area contributed by atoms with Crippen LogP contribution in [0, 0.1) is 0 Å². The number of nitrogens with zero attached hydrogens (tertiary/aromatic N) is 3. The molecule has 0 spiro atoms. The largest absolute Gasteiger partial charge is 0.325 e. The second kappa shape index (κ2) is 8.67. The zero-order valence-electron chi connectivity index (χ0n) is 15.3. The van der Waals surface area contributed by atoms with Crippen molar-refractivity contribution >= 4 is 44.8 Å². The van der Waals surface area contributed by atoms with E-state index in [9.17, 15) is 13.2 Å². The zero-order chi connectivity index (χ0) is 20.3. The second-order valence-electron chi connectivity index (χ2n) is 6.60. The molecule has 0 radical (unpaired) electrons. The van der Waals surface area contributed by atoms with Crippen LogP contribution in [-0.2, 0) is 21.2 Å². The first-order valence-corrected chi connectivity index (χ1v) is 11.8. The number of aromatic nitrogens is 3. The SMILES string of the molecule is C=CCn1c(S[C@@H](C)C(=O)Nc2cccc(Cl)c2)nnc1[C@H]1CCS(=O)(=O)C1. The summed E-state index contributed by atoms with van der Waals surface area (Å²) in [6.07, 6.45) is 2.24. The Labute approximate surface area is 173 Å². The number of carbonyl (C=O) groups is 1.